The van der Waals surface area contributed by atoms with Crippen molar-refractivity contribution in [1.82, 2.24) is 0 Å². The molecule has 0 fully saturated rings. The number of allylic oxidation sites excluding steroid dienone is 2. The van der Waals surface area contributed by atoms with Crippen LogP contribution in [-0.2, 0) is 5.41 Å². The van der Waals surface area contributed by atoms with Crippen LogP contribution in [-0.4, -0.2) is 12.2 Å². The molecule has 3 aliphatic carbocycles. The van der Waals surface area contributed by atoms with Gasteiger partial charge in [-0.1, -0.05) is 121 Å². The lowest BCUT2D eigenvalue weighted by Gasteiger charge is -2.40. The summed E-state index contributed by atoms with van der Waals surface area (Å²) < 4.78 is 16.7. The van der Waals surface area contributed by atoms with Crippen molar-refractivity contribution in [3.63, 3.8) is 0 Å². The summed E-state index contributed by atoms with van der Waals surface area (Å²) in [6.45, 7) is 0. The van der Waals surface area contributed by atoms with E-state index in [0.29, 0.717) is 0 Å². The van der Waals surface area contributed by atoms with Crippen LogP contribution in [0, 0.1) is 0 Å². The molecule has 8 aromatic rings. The molecule has 1 aliphatic heterocycles. The molecule has 0 N–H and O–H groups in total. The second-order valence-corrected chi connectivity index (χ2v) is 15.4. The highest BCUT2D eigenvalue weighted by molar-refractivity contribution is 7.25. The first-order valence-electron chi connectivity index (χ1n) is 18.2. The van der Waals surface area contributed by atoms with Crippen LogP contribution in [0.15, 0.2) is 182 Å². The highest BCUT2D eigenvalue weighted by Gasteiger charge is 2.52. The number of hydrogen-bond donors (Lipinski definition) is 0. The number of para-hydroxylation sites is 1. The Morgan fingerprint density at radius 2 is 1.11 bits per heavy atom. The summed E-state index contributed by atoms with van der Waals surface area (Å²) >= 11 is 1.84. The second kappa shape index (κ2) is 10.8. The molecule has 2 heterocycles. The lowest BCUT2D eigenvalue weighted by atomic mass is 9.70. The number of anilines is 2. The molecule has 7 aromatic carbocycles. The van der Waals surface area contributed by atoms with Gasteiger partial charge in [0.2, 0.25) is 0 Å². The summed E-state index contributed by atoms with van der Waals surface area (Å²) in [6.07, 6.45) is 5.76. The summed E-state index contributed by atoms with van der Waals surface area (Å²) in [4.78, 5) is 2.34. The number of fused-ring (bicyclic) bond motifs is 15. The number of hydrogen-bond acceptors (Lipinski definition) is 4. The van der Waals surface area contributed by atoms with Gasteiger partial charge < -0.3 is 14.4 Å². The van der Waals surface area contributed by atoms with Gasteiger partial charge in [-0.25, -0.2) is 0 Å². The van der Waals surface area contributed by atoms with Crippen molar-refractivity contribution in [2.75, 3.05) is 4.90 Å². The SMILES string of the molecule is C1=CC2Oc3cc4c(cc3O[C@@H]2C(N(c2ccccc2)c2ccc3c(c2)sc2ccccc23)=C1)C1(c2ccccc2-c2ccccc21)c1ccccc1-4. The first kappa shape index (κ1) is 29.2. The van der Waals surface area contributed by atoms with Gasteiger partial charge in [-0.05, 0) is 99.1 Å². The van der Waals surface area contributed by atoms with E-state index in [-0.39, 0.29) is 12.2 Å². The lowest BCUT2D eigenvalue weighted by Crippen LogP contribution is -2.45. The largest absolute Gasteiger partial charge is 0.478 e. The molecule has 0 radical (unpaired) electrons. The van der Waals surface area contributed by atoms with Crippen molar-refractivity contribution in [3.8, 4) is 33.8 Å². The van der Waals surface area contributed by atoms with Gasteiger partial charge in [0.05, 0.1) is 11.1 Å². The van der Waals surface area contributed by atoms with Crippen LogP contribution in [0.1, 0.15) is 22.3 Å². The van der Waals surface area contributed by atoms with Gasteiger partial charge in [-0.15, -0.1) is 11.3 Å². The van der Waals surface area contributed by atoms with Crippen LogP contribution >= 0.6 is 11.3 Å². The Hall–Kier alpha value is -6.36. The van der Waals surface area contributed by atoms with Gasteiger partial charge in [0.1, 0.15) is 0 Å². The molecule has 250 valence electrons. The molecule has 3 nitrogen and oxygen atoms in total. The minimum Gasteiger partial charge on any atom is -0.478 e. The Bertz CT molecular complexity index is 2840. The van der Waals surface area contributed by atoms with Crippen molar-refractivity contribution in [1.29, 1.82) is 0 Å². The highest BCUT2D eigenvalue weighted by Crippen LogP contribution is 2.64. The third kappa shape index (κ3) is 3.93. The van der Waals surface area contributed by atoms with Crippen LogP contribution in [0.3, 0.4) is 0 Å². The van der Waals surface area contributed by atoms with E-state index in [0.717, 1.165) is 28.6 Å². The molecular formula is C49H31NO2S. The van der Waals surface area contributed by atoms with Gasteiger partial charge in [-0.2, -0.15) is 0 Å². The molecule has 1 spiro atoms. The minimum atomic E-state index is -0.449. The van der Waals surface area contributed by atoms with Crippen molar-refractivity contribution in [2.24, 2.45) is 0 Å². The molecular weight excluding hydrogens is 667 g/mol. The fraction of sp³-hybridized carbons (Fsp3) is 0.0612. The summed E-state index contributed by atoms with van der Waals surface area (Å²) in [6, 6.07) is 57.3. The van der Waals surface area contributed by atoms with Crippen molar-refractivity contribution in [3.05, 3.63) is 204 Å². The zero-order chi connectivity index (χ0) is 34.7. The van der Waals surface area contributed by atoms with E-state index >= 15 is 0 Å². The highest BCUT2D eigenvalue weighted by atomic mass is 32.1. The predicted molar refractivity (Wildman–Crippen MR) is 217 cm³/mol. The molecule has 4 aliphatic rings. The molecule has 2 atom stereocenters. The Morgan fingerprint density at radius 1 is 0.491 bits per heavy atom. The zero-order valence-corrected chi connectivity index (χ0v) is 29.4. The first-order chi connectivity index (χ1) is 26.3. The zero-order valence-electron chi connectivity index (χ0n) is 28.6. The number of nitrogens with zero attached hydrogens (tertiary/aromatic N) is 1. The smallest absolute Gasteiger partial charge is 0.179 e. The Balaban J connectivity index is 1.02. The lowest BCUT2D eigenvalue weighted by molar-refractivity contribution is 0.0675. The standard InChI is InChI=1S/C49H31NO2S/c1-2-13-30(14-3-1)50(31-25-26-36-35-18-7-11-24-46(35)53-47(36)27-31)42-22-12-23-43-48(42)52-45-29-41-37(28-44(45)51-43)34-17-6-10-21-40(34)49(41)38-19-8-4-15-32(38)33-16-5-9-20-39(33)49/h1-29,43,48H/t43?,48-/m1/s1. The average Bonchev–Trinajstić information content (AvgIpc) is 3.83. The van der Waals surface area contributed by atoms with E-state index < -0.39 is 5.41 Å². The van der Waals surface area contributed by atoms with E-state index in [4.69, 9.17) is 9.47 Å². The maximum Gasteiger partial charge on any atom is 0.179 e. The van der Waals surface area contributed by atoms with Gasteiger partial charge in [-0.3, -0.25) is 0 Å². The summed E-state index contributed by atoms with van der Waals surface area (Å²) in [7, 11) is 0. The van der Waals surface area contributed by atoms with E-state index in [2.05, 4.69) is 181 Å². The van der Waals surface area contributed by atoms with Crippen LogP contribution in [0.2, 0.25) is 0 Å². The molecule has 12 rings (SSSR count). The third-order valence-electron chi connectivity index (χ3n) is 11.6. The fourth-order valence-corrected chi connectivity index (χ4v) is 10.6. The van der Waals surface area contributed by atoms with Crippen LogP contribution in [0.25, 0.3) is 42.4 Å². The summed E-state index contributed by atoms with van der Waals surface area (Å²) in [5, 5.41) is 2.58. The van der Waals surface area contributed by atoms with Gasteiger partial charge >= 0.3 is 0 Å². The van der Waals surface area contributed by atoms with Gasteiger partial charge in [0.25, 0.3) is 0 Å². The number of rotatable bonds is 3. The Labute approximate surface area is 311 Å². The number of thiophene rings is 1. The average molecular weight is 698 g/mol. The first-order valence-corrected chi connectivity index (χ1v) is 19.0. The number of benzene rings is 7. The maximum atomic E-state index is 7.23. The minimum absolute atomic E-state index is 0.293. The van der Waals surface area contributed by atoms with Crippen molar-refractivity contribution < 1.29 is 9.47 Å². The molecule has 4 heteroatoms. The van der Waals surface area contributed by atoms with E-state index in [9.17, 15) is 0 Å². The van der Waals surface area contributed by atoms with Crippen LogP contribution in [0.5, 0.6) is 11.5 Å². The molecule has 53 heavy (non-hydrogen) atoms. The fourth-order valence-electron chi connectivity index (χ4n) is 9.50. The predicted octanol–water partition coefficient (Wildman–Crippen LogP) is 12.2. The Morgan fingerprint density at radius 3 is 1.87 bits per heavy atom. The second-order valence-electron chi connectivity index (χ2n) is 14.3. The quantitative estimate of drug-likeness (QED) is 0.183. The van der Waals surface area contributed by atoms with E-state index in [1.54, 1.807) is 0 Å². The third-order valence-corrected chi connectivity index (χ3v) is 12.8. The van der Waals surface area contributed by atoms with Crippen LogP contribution < -0.4 is 14.4 Å². The van der Waals surface area contributed by atoms with Crippen LogP contribution in [0.4, 0.5) is 11.4 Å². The molecule has 0 saturated heterocycles. The number of ether oxygens (including phenoxy) is 2. The monoisotopic (exact) mass is 697 g/mol. The molecule has 0 saturated carbocycles. The summed E-state index contributed by atoms with van der Waals surface area (Å²) in [5.74, 6) is 1.55. The normalized spacial score (nSPS) is 17.9. The van der Waals surface area contributed by atoms with E-state index in [1.165, 1.54) is 64.7 Å². The molecule has 1 unspecified atom stereocenters. The molecule has 1 aromatic heterocycles. The molecule has 0 bridgehead atoms. The van der Waals surface area contributed by atoms with E-state index in [1.807, 2.05) is 11.3 Å². The van der Waals surface area contributed by atoms with Gasteiger partial charge in [0, 0.05) is 31.5 Å². The van der Waals surface area contributed by atoms with Gasteiger partial charge in [0.15, 0.2) is 23.7 Å². The maximum absolute atomic E-state index is 7.23. The molecule has 0 amide bonds. The summed E-state index contributed by atoms with van der Waals surface area (Å²) in [5.41, 5.74) is 12.9. The van der Waals surface area contributed by atoms with Crippen molar-refractivity contribution >= 4 is 42.9 Å². The Kier molecular flexibility index (Phi) is 5.98. The van der Waals surface area contributed by atoms with Crippen molar-refractivity contribution in [2.45, 2.75) is 17.6 Å². The topological polar surface area (TPSA) is 21.7 Å².